The Labute approximate surface area is 146 Å². The minimum atomic E-state index is -0.536. The van der Waals surface area contributed by atoms with Gasteiger partial charge in [0.25, 0.3) is 5.91 Å². The molecule has 1 fully saturated rings. The zero-order valence-corrected chi connectivity index (χ0v) is 14.2. The van der Waals surface area contributed by atoms with Crippen LogP contribution >= 0.6 is 11.6 Å². The molecule has 1 aliphatic rings. The zero-order valence-electron chi connectivity index (χ0n) is 13.4. The van der Waals surface area contributed by atoms with Crippen LogP contribution in [0.15, 0.2) is 42.7 Å². The molecule has 24 heavy (non-hydrogen) atoms. The summed E-state index contributed by atoms with van der Waals surface area (Å²) in [7, 11) is 0. The number of rotatable bonds is 4. The summed E-state index contributed by atoms with van der Waals surface area (Å²) in [5.74, 6) is 1.32. The van der Waals surface area contributed by atoms with E-state index in [9.17, 15) is 4.79 Å². The van der Waals surface area contributed by atoms with Gasteiger partial charge in [-0.15, -0.1) is 0 Å². The molecule has 3 rings (SSSR count). The van der Waals surface area contributed by atoms with Crippen LogP contribution < -0.4 is 9.64 Å². The van der Waals surface area contributed by atoms with Crippen molar-refractivity contribution in [3.05, 3.63) is 47.7 Å². The van der Waals surface area contributed by atoms with Crippen molar-refractivity contribution >= 4 is 23.5 Å². The molecule has 1 aromatic heterocycles. The van der Waals surface area contributed by atoms with Crippen LogP contribution in [0.25, 0.3) is 0 Å². The second-order valence-electron chi connectivity index (χ2n) is 5.58. The molecule has 1 saturated heterocycles. The third kappa shape index (κ3) is 3.94. The van der Waals surface area contributed by atoms with Gasteiger partial charge in [-0.1, -0.05) is 11.6 Å². The monoisotopic (exact) mass is 346 g/mol. The summed E-state index contributed by atoms with van der Waals surface area (Å²) < 4.78 is 5.71. The molecular weight excluding hydrogens is 328 g/mol. The van der Waals surface area contributed by atoms with Crippen molar-refractivity contribution in [1.82, 2.24) is 14.9 Å². The fourth-order valence-corrected chi connectivity index (χ4v) is 2.73. The number of piperazine rings is 1. The number of carbonyl (C=O) groups excluding carboxylic acids is 1. The van der Waals surface area contributed by atoms with Crippen LogP contribution in [-0.2, 0) is 4.79 Å². The molecule has 1 atom stereocenters. The number of carbonyl (C=O) groups is 1. The van der Waals surface area contributed by atoms with E-state index >= 15 is 0 Å². The molecule has 0 radical (unpaired) electrons. The van der Waals surface area contributed by atoms with Crippen molar-refractivity contribution in [2.75, 3.05) is 31.1 Å². The van der Waals surface area contributed by atoms with E-state index in [0.717, 1.165) is 0 Å². The molecule has 1 aromatic carbocycles. The standard InChI is InChI=1S/C17H19ClN4O2/c1-13(24-15-5-3-14(18)4-6-15)16(23)21-9-11-22(12-10-21)17-19-7-2-8-20-17/h2-8,13H,9-12H2,1H3. The van der Waals surface area contributed by atoms with Crippen LogP contribution in [0.2, 0.25) is 5.02 Å². The average molecular weight is 347 g/mol. The molecule has 0 saturated carbocycles. The Morgan fingerprint density at radius 3 is 2.38 bits per heavy atom. The van der Waals surface area contributed by atoms with Gasteiger partial charge in [0.2, 0.25) is 5.95 Å². The third-order valence-electron chi connectivity index (χ3n) is 3.90. The third-order valence-corrected chi connectivity index (χ3v) is 4.15. The predicted octanol–water partition coefficient (Wildman–Crippen LogP) is 2.25. The normalized spacial score (nSPS) is 15.9. The van der Waals surface area contributed by atoms with Gasteiger partial charge in [-0.25, -0.2) is 9.97 Å². The molecule has 0 spiro atoms. The van der Waals surface area contributed by atoms with Gasteiger partial charge in [-0.3, -0.25) is 4.79 Å². The zero-order chi connectivity index (χ0) is 16.9. The van der Waals surface area contributed by atoms with Gasteiger partial charge >= 0.3 is 0 Å². The smallest absolute Gasteiger partial charge is 0.263 e. The summed E-state index contributed by atoms with van der Waals surface area (Å²) in [6, 6.07) is 8.80. The topological polar surface area (TPSA) is 58.6 Å². The summed E-state index contributed by atoms with van der Waals surface area (Å²) in [6.45, 7) is 4.45. The summed E-state index contributed by atoms with van der Waals surface area (Å²) in [5, 5.41) is 0.639. The van der Waals surface area contributed by atoms with E-state index < -0.39 is 6.10 Å². The van der Waals surface area contributed by atoms with Crippen LogP contribution in [-0.4, -0.2) is 53.1 Å². The molecule has 7 heteroatoms. The molecule has 1 amide bonds. The number of ether oxygens (including phenoxy) is 1. The van der Waals surface area contributed by atoms with E-state index in [1.807, 2.05) is 4.90 Å². The van der Waals surface area contributed by atoms with Gasteiger partial charge in [0.1, 0.15) is 5.75 Å². The number of nitrogens with zero attached hydrogens (tertiary/aromatic N) is 4. The fourth-order valence-electron chi connectivity index (χ4n) is 2.61. The van der Waals surface area contributed by atoms with Crippen molar-refractivity contribution in [2.45, 2.75) is 13.0 Å². The summed E-state index contributed by atoms with van der Waals surface area (Å²) >= 11 is 5.85. The summed E-state index contributed by atoms with van der Waals surface area (Å²) in [4.78, 5) is 24.9. The molecule has 0 aliphatic carbocycles. The Balaban J connectivity index is 1.53. The maximum absolute atomic E-state index is 12.5. The first kappa shape index (κ1) is 16.5. The Morgan fingerprint density at radius 2 is 1.75 bits per heavy atom. The molecule has 2 aromatic rings. The second kappa shape index (κ2) is 7.49. The van der Waals surface area contributed by atoms with Crippen molar-refractivity contribution in [2.24, 2.45) is 0 Å². The van der Waals surface area contributed by atoms with Gasteiger partial charge in [0.05, 0.1) is 0 Å². The highest BCUT2D eigenvalue weighted by atomic mass is 35.5. The lowest BCUT2D eigenvalue weighted by Gasteiger charge is -2.35. The van der Waals surface area contributed by atoms with Crippen LogP contribution in [0.5, 0.6) is 5.75 Å². The lowest BCUT2D eigenvalue weighted by Crippen LogP contribution is -2.52. The first-order chi connectivity index (χ1) is 11.6. The Hall–Kier alpha value is -2.34. The van der Waals surface area contributed by atoms with Crippen molar-refractivity contribution in [1.29, 1.82) is 0 Å². The number of amides is 1. The fraction of sp³-hybridized carbons (Fsp3) is 0.353. The van der Waals surface area contributed by atoms with E-state index in [2.05, 4.69) is 14.9 Å². The number of hydrogen-bond donors (Lipinski definition) is 0. The predicted molar refractivity (Wildman–Crippen MR) is 92.4 cm³/mol. The molecule has 0 bridgehead atoms. The van der Waals surface area contributed by atoms with Gasteiger partial charge in [-0.2, -0.15) is 0 Å². The van der Waals surface area contributed by atoms with E-state index in [1.54, 1.807) is 49.6 Å². The quantitative estimate of drug-likeness (QED) is 0.849. The van der Waals surface area contributed by atoms with Crippen molar-refractivity contribution in [3.8, 4) is 5.75 Å². The summed E-state index contributed by atoms with van der Waals surface area (Å²) in [5.41, 5.74) is 0. The molecule has 0 N–H and O–H groups in total. The van der Waals surface area contributed by atoms with Crippen molar-refractivity contribution in [3.63, 3.8) is 0 Å². The van der Waals surface area contributed by atoms with Crippen LogP contribution in [0.4, 0.5) is 5.95 Å². The van der Waals surface area contributed by atoms with Crippen molar-refractivity contribution < 1.29 is 9.53 Å². The first-order valence-corrected chi connectivity index (χ1v) is 8.24. The Bertz CT molecular complexity index is 673. The largest absolute Gasteiger partial charge is 0.481 e. The number of anilines is 1. The van der Waals surface area contributed by atoms with Gasteiger partial charge in [0.15, 0.2) is 6.10 Å². The highest BCUT2D eigenvalue weighted by Crippen LogP contribution is 2.18. The van der Waals surface area contributed by atoms with E-state index in [1.165, 1.54) is 0 Å². The van der Waals surface area contributed by atoms with Gasteiger partial charge in [-0.05, 0) is 37.3 Å². The van der Waals surface area contributed by atoms with E-state index in [4.69, 9.17) is 16.3 Å². The summed E-state index contributed by atoms with van der Waals surface area (Å²) in [6.07, 6.45) is 2.91. The highest BCUT2D eigenvalue weighted by molar-refractivity contribution is 6.30. The number of halogens is 1. The highest BCUT2D eigenvalue weighted by Gasteiger charge is 2.26. The van der Waals surface area contributed by atoms with E-state index in [-0.39, 0.29) is 5.91 Å². The molecule has 6 nitrogen and oxygen atoms in total. The molecule has 126 valence electrons. The van der Waals surface area contributed by atoms with Crippen LogP contribution in [0, 0.1) is 0 Å². The van der Waals surface area contributed by atoms with Gasteiger partial charge < -0.3 is 14.5 Å². The van der Waals surface area contributed by atoms with E-state index in [0.29, 0.717) is 42.9 Å². The van der Waals surface area contributed by atoms with Gasteiger partial charge in [0, 0.05) is 43.6 Å². The van der Waals surface area contributed by atoms with Crippen LogP contribution in [0.1, 0.15) is 6.92 Å². The molecular formula is C17H19ClN4O2. The number of aromatic nitrogens is 2. The number of hydrogen-bond acceptors (Lipinski definition) is 5. The lowest BCUT2D eigenvalue weighted by atomic mass is 10.2. The Kier molecular flexibility index (Phi) is 5.15. The lowest BCUT2D eigenvalue weighted by molar-refractivity contribution is -0.138. The molecule has 2 heterocycles. The minimum absolute atomic E-state index is 0.0152. The minimum Gasteiger partial charge on any atom is -0.481 e. The SMILES string of the molecule is CC(Oc1ccc(Cl)cc1)C(=O)N1CCN(c2ncccn2)CC1. The molecule has 1 aliphatic heterocycles. The van der Waals surface area contributed by atoms with Crippen LogP contribution in [0.3, 0.4) is 0 Å². The Morgan fingerprint density at radius 1 is 1.12 bits per heavy atom. The molecule has 1 unspecified atom stereocenters. The maximum atomic E-state index is 12.5. The number of benzene rings is 1. The first-order valence-electron chi connectivity index (χ1n) is 7.86. The average Bonchev–Trinajstić information content (AvgIpc) is 2.64. The second-order valence-corrected chi connectivity index (χ2v) is 6.01. The maximum Gasteiger partial charge on any atom is 0.263 e.